The van der Waals surface area contributed by atoms with E-state index in [2.05, 4.69) is 0 Å². The molecule has 76 valence electrons. The number of alkyl halides is 3. The fourth-order valence-electron chi connectivity index (χ4n) is 1.95. The molecule has 0 aliphatic heterocycles. The summed E-state index contributed by atoms with van der Waals surface area (Å²) in [6.45, 7) is 0. The molecule has 0 bridgehead atoms. The molecule has 0 heterocycles. The third kappa shape index (κ3) is 1.39. The number of fused-ring (bicyclic) bond motifs is 1. The Morgan fingerprint density at radius 2 is 2.00 bits per heavy atom. The van der Waals surface area contributed by atoms with Crippen LogP contribution in [-0.2, 0) is 12.6 Å². The van der Waals surface area contributed by atoms with Gasteiger partial charge in [0.15, 0.2) is 0 Å². The van der Waals surface area contributed by atoms with E-state index in [1.165, 1.54) is 6.07 Å². The molecule has 0 amide bonds. The van der Waals surface area contributed by atoms with Gasteiger partial charge in [-0.3, -0.25) is 0 Å². The standard InChI is InChI=1S/C10H10F3N/c11-10(12,13)8-3-1-2-7-6(8)4-5-9(7)14/h1-3,9H,4-5,14H2/t9-/m0/s1. The molecule has 1 aromatic rings. The summed E-state index contributed by atoms with van der Waals surface area (Å²) in [5.74, 6) is 0. The number of rotatable bonds is 0. The van der Waals surface area contributed by atoms with E-state index in [1.54, 1.807) is 6.07 Å². The zero-order valence-electron chi connectivity index (χ0n) is 7.43. The molecule has 0 aromatic heterocycles. The predicted molar refractivity (Wildman–Crippen MR) is 46.7 cm³/mol. The highest BCUT2D eigenvalue weighted by Crippen LogP contribution is 2.39. The lowest BCUT2D eigenvalue weighted by atomic mass is 10.0. The summed E-state index contributed by atoms with van der Waals surface area (Å²) in [5.41, 5.74) is 6.20. The molecule has 1 aromatic carbocycles. The van der Waals surface area contributed by atoms with Gasteiger partial charge in [0.1, 0.15) is 0 Å². The topological polar surface area (TPSA) is 26.0 Å². The fourth-order valence-corrected chi connectivity index (χ4v) is 1.95. The Balaban J connectivity index is 2.55. The molecule has 0 spiro atoms. The summed E-state index contributed by atoms with van der Waals surface area (Å²) in [5, 5.41) is 0. The average Bonchev–Trinajstić information content (AvgIpc) is 2.46. The first kappa shape index (κ1) is 9.52. The largest absolute Gasteiger partial charge is 0.416 e. The molecule has 0 saturated heterocycles. The van der Waals surface area contributed by atoms with Crippen molar-refractivity contribution in [2.24, 2.45) is 5.73 Å². The van der Waals surface area contributed by atoms with Gasteiger partial charge < -0.3 is 5.73 Å². The van der Waals surface area contributed by atoms with Gasteiger partial charge in [0.05, 0.1) is 5.56 Å². The first-order valence-corrected chi connectivity index (χ1v) is 4.44. The van der Waals surface area contributed by atoms with Crippen molar-refractivity contribution >= 4 is 0 Å². The summed E-state index contributed by atoms with van der Waals surface area (Å²) >= 11 is 0. The van der Waals surface area contributed by atoms with Crippen LogP contribution in [0.15, 0.2) is 18.2 Å². The molecule has 14 heavy (non-hydrogen) atoms. The van der Waals surface area contributed by atoms with Crippen molar-refractivity contribution in [2.45, 2.75) is 25.1 Å². The smallest absolute Gasteiger partial charge is 0.324 e. The number of hydrogen-bond acceptors (Lipinski definition) is 1. The van der Waals surface area contributed by atoms with Gasteiger partial charge in [-0.2, -0.15) is 13.2 Å². The molecular weight excluding hydrogens is 191 g/mol. The van der Waals surface area contributed by atoms with E-state index in [4.69, 9.17) is 5.73 Å². The van der Waals surface area contributed by atoms with Crippen molar-refractivity contribution in [1.82, 2.24) is 0 Å². The second kappa shape index (κ2) is 2.98. The van der Waals surface area contributed by atoms with E-state index in [9.17, 15) is 13.2 Å². The highest BCUT2D eigenvalue weighted by Gasteiger charge is 2.36. The summed E-state index contributed by atoms with van der Waals surface area (Å²) in [7, 11) is 0. The van der Waals surface area contributed by atoms with Gasteiger partial charge in [0.25, 0.3) is 0 Å². The first-order valence-electron chi connectivity index (χ1n) is 4.44. The molecule has 0 saturated carbocycles. The van der Waals surface area contributed by atoms with Gasteiger partial charge in [0, 0.05) is 6.04 Å². The molecule has 1 aliphatic carbocycles. The Kier molecular flexibility index (Phi) is 2.03. The normalized spacial score (nSPS) is 21.0. The Hall–Kier alpha value is -1.03. The van der Waals surface area contributed by atoms with E-state index in [1.807, 2.05) is 0 Å². The zero-order chi connectivity index (χ0) is 10.3. The van der Waals surface area contributed by atoms with Gasteiger partial charge in [-0.15, -0.1) is 0 Å². The van der Waals surface area contributed by atoms with Crippen LogP contribution < -0.4 is 5.73 Å². The van der Waals surface area contributed by atoms with Crippen LogP contribution in [-0.4, -0.2) is 0 Å². The first-order chi connectivity index (χ1) is 6.50. The summed E-state index contributed by atoms with van der Waals surface area (Å²) in [6, 6.07) is 4.00. The Morgan fingerprint density at radius 1 is 1.29 bits per heavy atom. The van der Waals surface area contributed by atoms with Crippen LogP contribution in [0.3, 0.4) is 0 Å². The van der Waals surface area contributed by atoms with Crippen LogP contribution in [0, 0.1) is 0 Å². The number of nitrogens with two attached hydrogens (primary N) is 1. The van der Waals surface area contributed by atoms with E-state index in [-0.39, 0.29) is 6.04 Å². The molecule has 1 aliphatic rings. The van der Waals surface area contributed by atoms with E-state index in [0.717, 1.165) is 6.07 Å². The van der Waals surface area contributed by atoms with Crippen molar-refractivity contribution in [2.75, 3.05) is 0 Å². The van der Waals surface area contributed by atoms with Gasteiger partial charge in [-0.05, 0) is 30.0 Å². The molecule has 1 nitrogen and oxygen atoms in total. The maximum atomic E-state index is 12.5. The summed E-state index contributed by atoms with van der Waals surface area (Å²) in [6.07, 6.45) is -3.20. The Bertz CT molecular complexity index is 357. The van der Waals surface area contributed by atoms with Gasteiger partial charge in [0.2, 0.25) is 0 Å². The molecule has 0 radical (unpaired) electrons. The maximum Gasteiger partial charge on any atom is 0.416 e. The Morgan fingerprint density at radius 3 is 2.64 bits per heavy atom. The predicted octanol–water partition coefficient (Wildman–Crippen LogP) is 2.65. The van der Waals surface area contributed by atoms with Crippen LogP contribution >= 0.6 is 0 Å². The zero-order valence-corrected chi connectivity index (χ0v) is 7.43. The average molecular weight is 201 g/mol. The Labute approximate surface area is 79.7 Å². The molecular formula is C10H10F3N. The van der Waals surface area contributed by atoms with Gasteiger partial charge in [-0.1, -0.05) is 12.1 Å². The minimum Gasteiger partial charge on any atom is -0.324 e. The molecule has 0 fully saturated rings. The highest BCUT2D eigenvalue weighted by atomic mass is 19.4. The number of halogens is 3. The number of hydrogen-bond donors (Lipinski definition) is 1. The quantitative estimate of drug-likeness (QED) is 0.686. The van der Waals surface area contributed by atoms with Crippen molar-refractivity contribution in [3.63, 3.8) is 0 Å². The van der Waals surface area contributed by atoms with Crippen molar-refractivity contribution in [3.8, 4) is 0 Å². The van der Waals surface area contributed by atoms with Gasteiger partial charge >= 0.3 is 6.18 Å². The summed E-state index contributed by atoms with van der Waals surface area (Å²) < 4.78 is 37.6. The fraction of sp³-hybridized carbons (Fsp3) is 0.400. The highest BCUT2D eigenvalue weighted by molar-refractivity contribution is 5.42. The van der Waals surface area contributed by atoms with Crippen molar-refractivity contribution < 1.29 is 13.2 Å². The third-order valence-electron chi connectivity index (χ3n) is 2.62. The van der Waals surface area contributed by atoms with Crippen molar-refractivity contribution in [1.29, 1.82) is 0 Å². The van der Waals surface area contributed by atoms with Crippen LogP contribution in [0.2, 0.25) is 0 Å². The lowest BCUT2D eigenvalue weighted by molar-refractivity contribution is -0.138. The van der Waals surface area contributed by atoms with Crippen LogP contribution in [0.25, 0.3) is 0 Å². The van der Waals surface area contributed by atoms with Crippen molar-refractivity contribution in [3.05, 3.63) is 34.9 Å². The van der Waals surface area contributed by atoms with Gasteiger partial charge in [-0.25, -0.2) is 0 Å². The minimum absolute atomic E-state index is 0.229. The molecule has 4 heteroatoms. The maximum absolute atomic E-state index is 12.5. The lowest BCUT2D eigenvalue weighted by Crippen LogP contribution is -2.10. The monoisotopic (exact) mass is 201 g/mol. The number of benzene rings is 1. The van der Waals surface area contributed by atoms with E-state index < -0.39 is 11.7 Å². The van der Waals surface area contributed by atoms with Crippen LogP contribution in [0.5, 0.6) is 0 Å². The van der Waals surface area contributed by atoms with E-state index >= 15 is 0 Å². The minimum atomic E-state index is -4.25. The SMILES string of the molecule is N[C@H]1CCc2c1cccc2C(F)(F)F. The lowest BCUT2D eigenvalue weighted by Gasteiger charge is -2.12. The molecule has 1 atom stereocenters. The van der Waals surface area contributed by atoms with Crippen LogP contribution in [0.4, 0.5) is 13.2 Å². The molecule has 2 rings (SSSR count). The van der Waals surface area contributed by atoms with E-state index in [0.29, 0.717) is 24.0 Å². The summed E-state index contributed by atoms with van der Waals surface area (Å²) in [4.78, 5) is 0. The van der Waals surface area contributed by atoms with Crippen LogP contribution in [0.1, 0.15) is 29.2 Å². The second-order valence-corrected chi connectivity index (χ2v) is 3.52. The molecule has 2 N–H and O–H groups in total. The molecule has 0 unspecified atom stereocenters. The third-order valence-corrected chi connectivity index (χ3v) is 2.62. The second-order valence-electron chi connectivity index (χ2n) is 3.52.